The molecule has 136 valence electrons. The number of H-pyrrole nitrogens is 2. The molecule has 2 N–H and O–H groups in total. The molecule has 0 bridgehead atoms. The minimum atomic E-state index is -0.279. The van der Waals surface area contributed by atoms with Crippen molar-refractivity contribution in [1.29, 1.82) is 0 Å². The Balaban J connectivity index is 1.78. The molecule has 2 aromatic heterocycles. The van der Waals surface area contributed by atoms with Gasteiger partial charge in [0, 0.05) is 16.6 Å². The number of rotatable bonds is 4. The van der Waals surface area contributed by atoms with Gasteiger partial charge in [-0.1, -0.05) is 44.2 Å². The number of nitrogens with one attached hydrogen (secondary N) is 2. The number of halogens is 1. The summed E-state index contributed by atoms with van der Waals surface area (Å²) in [6.45, 7) is 4.07. The van der Waals surface area contributed by atoms with Gasteiger partial charge in [0.1, 0.15) is 18.0 Å². The quantitative estimate of drug-likeness (QED) is 0.570. The Kier molecular flexibility index (Phi) is 4.32. The van der Waals surface area contributed by atoms with E-state index >= 15 is 0 Å². The van der Waals surface area contributed by atoms with Crippen LogP contribution in [0.1, 0.15) is 31.2 Å². The van der Waals surface area contributed by atoms with Gasteiger partial charge in [-0.3, -0.25) is 9.89 Å². The maximum absolute atomic E-state index is 14.1. The van der Waals surface area contributed by atoms with E-state index in [-0.39, 0.29) is 23.2 Å². The van der Waals surface area contributed by atoms with Crippen LogP contribution in [0.25, 0.3) is 22.0 Å². The van der Waals surface area contributed by atoms with Crippen molar-refractivity contribution in [2.24, 2.45) is 5.92 Å². The fraction of sp³-hybridized carbons (Fsp3) is 0.190. The van der Waals surface area contributed by atoms with Gasteiger partial charge in [-0.2, -0.15) is 5.10 Å². The van der Waals surface area contributed by atoms with Crippen molar-refractivity contribution in [3.63, 3.8) is 0 Å². The van der Waals surface area contributed by atoms with Crippen LogP contribution in [0.2, 0.25) is 0 Å². The van der Waals surface area contributed by atoms with Crippen molar-refractivity contribution in [2.45, 2.75) is 19.8 Å². The minimum absolute atomic E-state index is 0.166. The Bertz CT molecular complexity index is 1150. The second kappa shape index (κ2) is 6.79. The molecule has 0 aliphatic carbocycles. The zero-order chi connectivity index (χ0) is 19.0. The number of hydrogen-bond donors (Lipinski definition) is 2. The topological polar surface area (TPSA) is 74.4 Å². The molecule has 0 saturated heterocycles. The smallest absolute Gasteiger partial charge is 0.252 e. The summed E-state index contributed by atoms with van der Waals surface area (Å²) >= 11 is 0. The summed E-state index contributed by atoms with van der Waals surface area (Å²) in [6.07, 6.45) is 1.44. The van der Waals surface area contributed by atoms with E-state index in [4.69, 9.17) is 0 Å². The summed E-state index contributed by atoms with van der Waals surface area (Å²) in [5.74, 6) is 0.369. The number of benzene rings is 2. The van der Waals surface area contributed by atoms with Gasteiger partial charge in [-0.25, -0.2) is 9.37 Å². The Morgan fingerprint density at radius 1 is 1.07 bits per heavy atom. The molecular weight excluding hydrogens is 343 g/mol. The van der Waals surface area contributed by atoms with E-state index in [0.29, 0.717) is 22.5 Å². The number of hydrogen-bond acceptors (Lipinski definition) is 3. The molecule has 0 spiro atoms. The van der Waals surface area contributed by atoms with Crippen LogP contribution in [0, 0.1) is 11.7 Å². The van der Waals surface area contributed by atoms with Gasteiger partial charge in [-0.05, 0) is 35.1 Å². The summed E-state index contributed by atoms with van der Waals surface area (Å²) < 4.78 is 14.1. The molecule has 0 fully saturated rings. The number of nitrogens with zero attached hydrogens (tertiary/aromatic N) is 2. The average Bonchev–Trinajstić information content (AvgIpc) is 3.17. The van der Waals surface area contributed by atoms with Gasteiger partial charge < -0.3 is 4.98 Å². The molecule has 2 heterocycles. The van der Waals surface area contributed by atoms with Crippen molar-refractivity contribution >= 4 is 10.8 Å². The van der Waals surface area contributed by atoms with Crippen molar-refractivity contribution in [2.75, 3.05) is 0 Å². The van der Waals surface area contributed by atoms with Gasteiger partial charge in [0.25, 0.3) is 5.56 Å². The number of pyridine rings is 1. The van der Waals surface area contributed by atoms with Crippen LogP contribution in [0.4, 0.5) is 4.39 Å². The van der Waals surface area contributed by atoms with Gasteiger partial charge in [0.2, 0.25) is 0 Å². The van der Waals surface area contributed by atoms with Crippen LogP contribution in [0.5, 0.6) is 0 Å². The van der Waals surface area contributed by atoms with Gasteiger partial charge >= 0.3 is 0 Å². The molecule has 4 rings (SSSR count). The first-order chi connectivity index (χ1) is 13.0. The zero-order valence-corrected chi connectivity index (χ0v) is 15.0. The van der Waals surface area contributed by atoms with E-state index < -0.39 is 0 Å². The standard InChI is InChI=1S/C21H19FN4O/c1-12(2)19(20-23-11-24-26-20)15-8-9-18(25-21(15)27)14-7-6-13-4-3-5-17(22)16(13)10-14/h3-12,19H,1-2H3,(H,25,27)(H,23,24,26). The SMILES string of the molecule is CC(C)C(c1ncn[nH]1)c1ccc(-c2ccc3cccc(F)c3c2)[nH]c1=O. The van der Waals surface area contributed by atoms with Gasteiger partial charge in [0.05, 0.1) is 5.92 Å². The number of aromatic amines is 2. The summed E-state index contributed by atoms with van der Waals surface area (Å²) in [7, 11) is 0. The van der Waals surface area contributed by atoms with E-state index in [2.05, 4.69) is 20.2 Å². The third-order valence-corrected chi connectivity index (χ3v) is 4.81. The second-order valence-electron chi connectivity index (χ2n) is 6.92. The molecule has 5 nitrogen and oxygen atoms in total. The van der Waals surface area contributed by atoms with Gasteiger partial charge in [-0.15, -0.1) is 0 Å². The van der Waals surface area contributed by atoms with Crippen LogP contribution in [0.3, 0.4) is 0 Å². The van der Waals surface area contributed by atoms with E-state index in [1.165, 1.54) is 12.4 Å². The highest BCUT2D eigenvalue weighted by Gasteiger charge is 2.24. The summed E-state index contributed by atoms with van der Waals surface area (Å²) in [5, 5.41) is 8.11. The van der Waals surface area contributed by atoms with Crippen LogP contribution in [0.15, 0.2) is 59.7 Å². The number of fused-ring (bicyclic) bond motifs is 1. The lowest BCUT2D eigenvalue weighted by Gasteiger charge is -2.18. The summed E-state index contributed by atoms with van der Waals surface area (Å²) in [4.78, 5) is 19.9. The lowest BCUT2D eigenvalue weighted by Crippen LogP contribution is -2.21. The first-order valence-electron chi connectivity index (χ1n) is 8.81. The summed E-state index contributed by atoms with van der Waals surface area (Å²) in [5.41, 5.74) is 1.85. The first kappa shape index (κ1) is 17.1. The monoisotopic (exact) mass is 362 g/mol. The third kappa shape index (κ3) is 3.14. The molecule has 1 unspecified atom stereocenters. The van der Waals surface area contributed by atoms with Crippen LogP contribution >= 0.6 is 0 Å². The molecule has 6 heteroatoms. The highest BCUT2D eigenvalue weighted by molar-refractivity contribution is 5.87. The molecule has 2 aromatic carbocycles. The Morgan fingerprint density at radius 2 is 1.93 bits per heavy atom. The molecule has 0 aliphatic rings. The van der Waals surface area contributed by atoms with E-state index in [1.54, 1.807) is 12.1 Å². The molecule has 1 atom stereocenters. The predicted molar refractivity (Wildman–Crippen MR) is 103 cm³/mol. The Hall–Kier alpha value is -3.28. The summed E-state index contributed by atoms with van der Waals surface area (Å²) in [6, 6.07) is 14.1. The van der Waals surface area contributed by atoms with Crippen LogP contribution < -0.4 is 5.56 Å². The predicted octanol–water partition coefficient (Wildman–Crippen LogP) is 4.24. The average molecular weight is 362 g/mol. The normalized spacial score (nSPS) is 12.6. The van der Waals surface area contributed by atoms with Crippen LogP contribution in [-0.4, -0.2) is 20.2 Å². The molecule has 0 radical (unpaired) electrons. The van der Waals surface area contributed by atoms with Crippen molar-refractivity contribution in [1.82, 2.24) is 20.2 Å². The molecule has 0 aliphatic heterocycles. The lowest BCUT2D eigenvalue weighted by molar-refractivity contribution is 0.536. The zero-order valence-electron chi connectivity index (χ0n) is 15.0. The third-order valence-electron chi connectivity index (χ3n) is 4.81. The fourth-order valence-corrected chi connectivity index (χ4v) is 3.49. The maximum Gasteiger partial charge on any atom is 0.252 e. The van der Waals surface area contributed by atoms with Crippen LogP contribution in [-0.2, 0) is 0 Å². The van der Waals surface area contributed by atoms with E-state index in [9.17, 15) is 9.18 Å². The Labute approximate surface area is 155 Å². The van der Waals surface area contributed by atoms with Gasteiger partial charge in [0.15, 0.2) is 0 Å². The Morgan fingerprint density at radius 3 is 2.63 bits per heavy atom. The first-order valence-corrected chi connectivity index (χ1v) is 8.81. The highest BCUT2D eigenvalue weighted by Crippen LogP contribution is 2.29. The molecule has 0 saturated carbocycles. The molecule has 27 heavy (non-hydrogen) atoms. The van der Waals surface area contributed by atoms with Crippen molar-refractivity contribution in [3.8, 4) is 11.3 Å². The largest absolute Gasteiger partial charge is 0.322 e. The van der Waals surface area contributed by atoms with Crippen molar-refractivity contribution in [3.05, 3.63) is 82.4 Å². The fourth-order valence-electron chi connectivity index (χ4n) is 3.49. The van der Waals surface area contributed by atoms with E-state index in [0.717, 1.165) is 10.9 Å². The number of aromatic nitrogens is 4. The molecular formula is C21H19FN4O. The van der Waals surface area contributed by atoms with Crippen molar-refractivity contribution < 1.29 is 4.39 Å². The lowest BCUT2D eigenvalue weighted by atomic mass is 9.88. The second-order valence-corrected chi connectivity index (χ2v) is 6.92. The maximum atomic E-state index is 14.1. The van der Waals surface area contributed by atoms with E-state index in [1.807, 2.05) is 44.2 Å². The highest BCUT2D eigenvalue weighted by atomic mass is 19.1. The molecule has 0 amide bonds. The molecule has 4 aromatic rings. The minimum Gasteiger partial charge on any atom is -0.322 e.